The summed E-state index contributed by atoms with van der Waals surface area (Å²) >= 11 is 0. The Bertz CT molecular complexity index is 318. The van der Waals surface area contributed by atoms with E-state index in [0.717, 1.165) is 32.4 Å². The highest BCUT2D eigenvalue weighted by molar-refractivity contribution is 5.30. The third kappa shape index (κ3) is 2.24. The highest BCUT2D eigenvalue weighted by atomic mass is 16.3. The van der Waals surface area contributed by atoms with Crippen molar-refractivity contribution < 1.29 is 5.11 Å². The predicted molar refractivity (Wildman–Crippen MR) is 61.0 cm³/mol. The highest BCUT2D eigenvalue weighted by Crippen LogP contribution is 2.24. The van der Waals surface area contributed by atoms with E-state index in [1.54, 1.807) is 0 Å². The summed E-state index contributed by atoms with van der Waals surface area (Å²) in [7, 11) is 0. The van der Waals surface area contributed by atoms with Gasteiger partial charge in [-0.1, -0.05) is 0 Å². The summed E-state index contributed by atoms with van der Waals surface area (Å²) in [5, 5.41) is 13.7. The Kier molecular flexibility index (Phi) is 2.85. The van der Waals surface area contributed by atoms with Crippen LogP contribution in [-0.2, 0) is 6.42 Å². The molecule has 3 heteroatoms. The van der Waals surface area contributed by atoms with Crippen molar-refractivity contribution in [3.8, 4) is 0 Å². The number of aryl methyl sites for hydroxylation is 2. The summed E-state index contributed by atoms with van der Waals surface area (Å²) in [6.07, 6.45) is 4.76. The number of H-pyrrole nitrogens is 1. The summed E-state index contributed by atoms with van der Waals surface area (Å²) in [6.45, 7) is 5.92. The lowest BCUT2D eigenvalue weighted by atomic mass is 9.86. The zero-order valence-corrected chi connectivity index (χ0v) is 9.56. The zero-order valence-electron chi connectivity index (χ0n) is 9.56. The number of aromatic amines is 1. The first-order valence-electron chi connectivity index (χ1n) is 5.67. The largest absolute Gasteiger partial charge is 0.388 e. The van der Waals surface area contributed by atoms with Gasteiger partial charge in [0.05, 0.1) is 5.60 Å². The molecule has 1 aromatic rings. The van der Waals surface area contributed by atoms with Crippen LogP contribution in [0.2, 0.25) is 0 Å². The fraction of sp³-hybridized carbons (Fsp3) is 0.667. The van der Waals surface area contributed by atoms with Crippen LogP contribution in [0, 0.1) is 13.8 Å². The second-order valence-corrected chi connectivity index (χ2v) is 4.76. The maximum Gasteiger partial charge on any atom is 0.0812 e. The smallest absolute Gasteiger partial charge is 0.0812 e. The number of piperidine rings is 1. The van der Waals surface area contributed by atoms with Crippen molar-refractivity contribution in [2.45, 2.75) is 38.7 Å². The van der Waals surface area contributed by atoms with Crippen molar-refractivity contribution in [1.82, 2.24) is 10.3 Å². The van der Waals surface area contributed by atoms with E-state index < -0.39 is 5.60 Å². The van der Waals surface area contributed by atoms with Crippen molar-refractivity contribution in [2.24, 2.45) is 0 Å². The highest BCUT2D eigenvalue weighted by Gasteiger charge is 2.30. The first-order valence-corrected chi connectivity index (χ1v) is 5.67. The van der Waals surface area contributed by atoms with Crippen LogP contribution >= 0.6 is 0 Å². The Morgan fingerprint density at radius 2 is 2.27 bits per heavy atom. The Morgan fingerprint density at radius 1 is 1.47 bits per heavy atom. The first-order chi connectivity index (χ1) is 7.11. The lowest BCUT2D eigenvalue weighted by molar-refractivity contribution is 0.0167. The van der Waals surface area contributed by atoms with E-state index in [0.29, 0.717) is 0 Å². The van der Waals surface area contributed by atoms with Gasteiger partial charge in [-0.05, 0) is 44.4 Å². The van der Waals surface area contributed by atoms with Crippen LogP contribution in [0.4, 0.5) is 0 Å². The van der Waals surface area contributed by atoms with Gasteiger partial charge in [0.1, 0.15) is 0 Å². The predicted octanol–water partition coefficient (Wildman–Crippen LogP) is 1.29. The number of aliphatic hydroxyl groups is 1. The molecule has 15 heavy (non-hydrogen) atoms. The molecule has 1 saturated heterocycles. The van der Waals surface area contributed by atoms with Gasteiger partial charge < -0.3 is 15.4 Å². The molecule has 0 aromatic carbocycles. The van der Waals surface area contributed by atoms with Crippen LogP contribution in [0.5, 0.6) is 0 Å². The first kappa shape index (κ1) is 10.7. The molecule has 3 nitrogen and oxygen atoms in total. The number of aromatic nitrogens is 1. The number of rotatable bonds is 2. The fourth-order valence-corrected chi connectivity index (χ4v) is 2.39. The number of nitrogens with one attached hydrogen (secondary N) is 2. The van der Waals surface area contributed by atoms with Gasteiger partial charge in [-0.2, -0.15) is 0 Å². The minimum Gasteiger partial charge on any atom is -0.388 e. The van der Waals surface area contributed by atoms with E-state index in [1.807, 2.05) is 6.20 Å². The van der Waals surface area contributed by atoms with Crippen molar-refractivity contribution in [1.29, 1.82) is 0 Å². The molecule has 1 unspecified atom stereocenters. The van der Waals surface area contributed by atoms with Crippen molar-refractivity contribution in [3.63, 3.8) is 0 Å². The minimum absolute atomic E-state index is 0.546. The molecule has 0 saturated carbocycles. The van der Waals surface area contributed by atoms with Crippen molar-refractivity contribution in [2.75, 3.05) is 13.1 Å². The molecule has 0 radical (unpaired) electrons. The zero-order chi connectivity index (χ0) is 10.9. The van der Waals surface area contributed by atoms with Crippen LogP contribution in [0.1, 0.15) is 29.7 Å². The SMILES string of the molecule is Cc1c[nH]c(C)c1CC1(O)CCCNC1. The molecule has 1 aromatic heterocycles. The second-order valence-electron chi connectivity index (χ2n) is 4.76. The Balaban J connectivity index is 2.13. The average Bonchev–Trinajstić information content (AvgIpc) is 2.50. The number of hydrogen-bond acceptors (Lipinski definition) is 2. The van der Waals surface area contributed by atoms with E-state index in [9.17, 15) is 5.11 Å². The molecule has 0 bridgehead atoms. The maximum atomic E-state index is 10.4. The van der Waals surface area contributed by atoms with Gasteiger partial charge in [-0.25, -0.2) is 0 Å². The quantitative estimate of drug-likeness (QED) is 0.686. The van der Waals surface area contributed by atoms with E-state index in [2.05, 4.69) is 24.1 Å². The van der Waals surface area contributed by atoms with Crippen LogP contribution in [-0.4, -0.2) is 28.8 Å². The molecule has 1 atom stereocenters. The van der Waals surface area contributed by atoms with Gasteiger partial charge in [0.15, 0.2) is 0 Å². The standard InChI is InChI=1S/C12H20N2O/c1-9-7-14-10(2)11(9)6-12(15)4-3-5-13-8-12/h7,13-15H,3-6,8H2,1-2H3. The van der Waals surface area contributed by atoms with E-state index >= 15 is 0 Å². The van der Waals surface area contributed by atoms with E-state index in [4.69, 9.17) is 0 Å². The summed E-state index contributed by atoms with van der Waals surface area (Å²) in [4.78, 5) is 3.21. The maximum absolute atomic E-state index is 10.4. The lowest BCUT2D eigenvalue weighted by Crippen LogP contribution is -2.47. The molecule has 2 heterocycles. The van der Waals surface area contributed by atoms with Crippen LogP contribution < -0.4 is 5.32 Å². The Labute approximate surface area is 90.9 Å². The van der Waals surface area contributed by atoms with Crippen LogP contribution in [0.15, 0.2) is 6.20 Å². The summed E-state index contributed by atoms with van der Waals surface area (Å²) in [5.74, 6) is 0. The van der Waals surface area contributed by atoms with Gasteiger partial charge >= 0.3 is 0 Å². The molecule has 0 spiro atoms. The molecular formula is C12H20N2O. The molecule has 3 N–H and O–H groups in total. The van der Waals surface area contributed by atoms with E-state index in [1.165, 1.54) is 16.8 Å². The molecule has 84 valence electrons. The van der Waals surface area contributed by atoms with Crippen LogP contribution in [0.3, 0.4) is 0 Å². The topological polar surface area (TPSA) is 48.0 Å². The van der Waals surface area contributed by atoms with Gasteiger partial charge in [0.2, 0.25) is 0 Å². The van der Waals surface area contributed by atoms with Gasteiger partial charge in [-0.15, -0.1) is 0 Å². The minimum atomic E-state index is -0.546. The average molecular weight is 208 g/mol. The molecule has 0 amide bonds. The van der Waals surface area contributed by atoms with Crippen molar-refractivity contribution in [3.05, 3.63) is 23.0 Å². The normalized spacial score (nSPS) is 26.9. The molecule has 2 rings (SSSR count). The molecule has 1 aliphatic heterocycles. The van der Waals surface area contributed by atoms with Gasteiger partial charge in [0, 0.05) is 24.9 Å². The molecular weight excluding hydrogens is 188 g/mol. The molecule has 0 aliphatic carbocycles. The van der Waals surface area contributed by atoms with E-state index in [-0.39, 0.29) is 0 Å². The van der Waals surface area contributed by atoms with Crippen molar-refractivity contribution >= 4 is 0 Å². The Morgan fingerprint density at radius 3 is 2.80 bits per heavy atom. The molecule has 1 aliphatic rings. The summed E-state index contributed by atoms with van der Waals surface area (Å²) in [5.41, 5.74) is 3.18. The fourth-order valence-electron chi connectivity index (χ4n) is 2.39. The summed E-state index contributed by atoms with van der Waals surface area (Å²) in [6, 6.07) is 0. The third-order valence-electron chi connectivity index (χ3n) is 3.39. The monoisotopic (exact) mass is 208 g/mol. The number of β-amino-alcohol motifs (C(OH)–C–C–N with tert-alkyl or cyclic N) is 1. The second kappa shape index (κ2) is 3.99. The number of hydrogen-bond donors (Lipinski definition) is 3. The van der Waals surface area contributed by atoms with Gasteiger partial charge in [-0.3, -0.25) is 0 Å². The Hall–Kier alpha value is -0.800. The third-order valence-corrected chi connectivity index (χ3v) is 3.39. The molecule has 1 fully saturated rings. The van der Waals surface area contributed by atoms with Crippen LogP contribution in [0.25, 0.3) is 0 Å². The van der Waals surface area contributed by atoms with Gasteiger partial charge in [0.25, 0.3) is 0 Å². The lowest BCUT2D eigenvalue weighted by Gasteiger charge is -2.33. The summed E-state index contributed by atoms with van der Waals surface area (Å²) < 4.78 is 0.